The average molecular weight is 292 g/mol. The quantitative estimate of drug-likeness (QED) is 0.679. The van der Waals surface area contributed by atoms with Crippen molar-refractivity contribution in [2.45, 2.75) is 45.2 Å². The summed E-state index contributed by atoms with van der Waals surface area (Å²) in [7, 11) is 0. The highest BCUT2D eigenvalue weighted by Crippen LogP contribution is 2.02. The first-order valence-electron chi connectivity index (χ1n) is 7.33. The average Bonchev–Trinajstić information content (AvgIpc) is 2.47. The summed E-state index contributed by atoms with van der Waals surface area (Å²) >= 11 is 0. The van der Waals surface area contributed by atoms with Crippen molar-refractivity contribution < 1.29 is 14.7 Å². The highest BCUT2D eigenvalue weighted by atomic mass is 16.3. The Morgan fingerprint density at radius 3 is 2.43 bits per heavy atom. The van der Waals surface area contributed by atoms with E-state index in [1.807, 2.05) is 13.0 Å². The molecule has 0 saturated heterocycles. The molecule has 0 spiro atoms. The van der Waals surface area contributed by atoms with Crippen molar-refractivity contribution in [2.24, 2.45) is 0 Å². The van der Waals surface area contributed by atoms with Gasteiger partial charge in [-0.2, -0.15) is 0 Å². The van der Waals surface area contributed by atoms with E-state index in [1.165, 1.54) is 0 Å². The number of nitrogens with one attached hydrogen (secondary N) is 2. The Balaban J connectivity index is 2.40. The van der Waals surface area contributed by atoms with Crippen LogP contribution in [0.25, 0.3) is 0 Å². The first-order chi connectivity index (χ1) is 10.1. The van der Waals surface area contributed by atoms with E-state index in [1.54, 1.807) is 31.2 Å². The minimum Gasteiger partial charge on any atom is -0.396 e. The SMILES string of the molecule is CCC(CCO)NC(=O)CC(C)NC(=O)c1ccccc1. The minimum absolute atomic E-state index is 0.0143. The lowest BCUT2D eigenvalue weighted by Crippen LogP contribution is -2.40. The molecule has 0 heterocycles. The van der Waals surface area contributed by atoms with Gasteiger partial charge in [0.25, 0.3) is 5.91 Å². The van der Waals surface area contributed by atoms with Gasteiger partial charge in [-0.15, -0.1) is 0 Å². The van der Waals surface area contributed by atoms with Crippen molar-refractivity contribution in [1.82, 2.24) is 10.6 Å². The van der Waals surface area contributed by atoms with Crippen LogP contribution in [0.4, 0.5) is 0 Å². The van der Waals surface area contributed by atoms with Gasteiger partial charge in [-0.25, -0.2) is 0 Å². The first-order valence-corrected chi connectivity index (χ1v) is 7.33. The Hall–Kier alpha value is -1.88. The number of hydrogen-bond acceptors (Lipinski definition) is 3. The standard InChI is InChI=1S/C16H24N2O3/c1-3-14(9-10-19)18-15(20)11-12(2)17-16(21)13-7-5-4-6-8-13/h4-8,12,14,19H,3,9-11H2,1-2H3,(H,17,21)(H,18,20). The molecule has 1 aromatic carbocycles. The highest BCUT2D eigenvalue weighted by Gasteiger charge is 2.15. The summed E-state index contributed by atoms with van der Waals surface area (Å²) in [5.74, 6) is -0.297. The van der Waals surface area contributed by atoms with Gasteiger partial charge in [-0.05, 0) is 31.9 Å². The second-order valence-electron chi connectivity index (χ2n) is 5.13. The van der Waals surface area contributed by atoms with Gasteiger partial charge in [0, 0.05) is 30.7 Å². The van der Waals surface area contributed by atoms with E-state index in [0.29, 0.717) is 12.0 Å². The van der Waals surface area contributed by atoms with Crippen LogP contribution in [0.1, 0.15) is 43.5 Å². The molecule has 116 valence electrons. The van der Waals surface area contributed by atoms with Gasteiger partial charge >= 0.3 is 0 Å². The number of aliphatic hydroxyl groups excluding tert-OH is 1. The number of carbonyl (C=O) groups is 2. The zero-order valence-electron chi connectivity index (χ0n) is 12.6. The molecule has 2 amide bonds. The summed E-state index contributed by atoms with van der Waals surface area (Å²) in [6.45, 7) is 3.81. The largest absolute Gasteiger partial charge is 0.396 e. The van der Waals surface area contributed by atoms with E-state index < -0.39 is 0 Å². The number of hydrogen-bond donors (Lipinski definition) is 3. The van der Waals surface area contributed by atoms with Crippen LogP contribution >= 0.6 is 0 Å². The van der Waals surface area contributed by atoms with Crippen LogP contribution < -0.4 is 10.6 Å². The highest BCUT2D eigenvalue weighted by molar-refractivity contribution is 5.94. The van der Waals surface area contributed by atoms with Crippen LogP contribution in [0.15, 0.2) is 30.3 Å². The van der Waals surface area contributed by atoms with Crippen molar-refractivity contribution in [2.75, 3.05) is 6.61 Å². The molecule has 0 aliphatic carbocycles. The van der Waals surface area contributed by atoms with Gasteiger partial charge in [0.05, 0.1) is 0 Å². The van der Waals surface area contributed by atoms with Crippen LogP contribution in [-0.2, 0) is 4.79 Å². The fourth-order valence-corrected chi connectivity index (χ4v) is 2.05. The first kappa shape index (κ1) is 17.2. The zero-order valence-corrected chi connectivity index (χ0v) is 12.6. The zero-order chi connectivity index (χ0) is 15.7. The van der Waals surface area contributed by atoms with Gasteiger partial charge in [0.15, 0.2) is 0 Å². The van der Waals surface area contributed by atoms with Crippen LogP contribution in [-0.4, -0.2) is 35.6 Å². The molecule has 0 saturated carbocycles. The van der Waals surface area contributed by atoms with Crippen molar-refractivity contribution >= 4 is 11.8 Å². The number of amides is 2. The van der Waals surface area contributed by atoms with E-state index in [-0.39, 0.29) is 36.9 Å². The van der Waals surface area contributed by atoms with Gasteiger partial charge in [-0.3, -0.25) is 9.59 Å². The molecule has 21 heavy (non-hydrogen) atoms. The van der Waals surface area contributed by atoms with Gasteiger partial charge < -0.3 is 15.7 Å². The third-order valence-corrected chi connectivity index (χ3v) is 3.24. The molecule has 0 aromatic heterocycles. The fourth-order valence-electron chi connectivity index (χ4n) is 2.05. The van der Waals surface area contributed by atoms with Gasteiger partial charge in [0.2, 0.25) is 5.91 Å². The molecule has 2 unspecified atom stereocenters. The maximum atomic E-state index is 11.9. The van der Waals surface area contributed by atoms with Crippen molar-refractivity contribution in [3.8, 4) is 0 Å². The van der Waals surface area contributed by atoms with Crippen LogP contribution in [0.3, 0.4) is 0 Å². The lowest BCUT2D eigenvalue weighted by Gasteiger charge is -2.18. The molecular weight excluding hydrogens is 268 g/mol. The molecule has 0 fully saturated rings. The topological polar surface area (TPSA) is 78.4 Å². The summed E-state index contributed by atoms with van der Waals surface area (Å²) in [5.41, 5.74) is 0.580. The Morgan fingerprint density at radius 1 is 1.19 bits per heavy atom. The Labute approximate surface area is 125 Å². The summed E-state index contributed by atoms with van der Waals surface area (Å²) in [5, 5.41) is 14.6. The molecule has 1 rings (SSSR count). The van der Waals surface area contributed by atoms with E-state index in [2.05, 4.69) is 10.6 Å². The summed E-state index contributed by atoms with van der Waals surface area (Å²) in [6.07, 6.45) is 1.55. The third-order valence-electron chi connectivity index (χ3n) is 3.24. The van der Waals surface area contributed by atoms with E-state index in [9.17, 15) is 9.59 Å². The maximum absolute atomic E-state index is 11.9. The van der Waals surface area contributed by atoms with E-state index >= 15 is 0 Å². The Kier molecular flexibility index (Phi) is 7.46. The third kappa shape index (κ3) is 6.40. The number of rotatable bonds is 8. The minimum atomic E-state index is -0.246. The Bertz CT molecular complexity index is 448. The predicted molar refractivity (Wildman–Crippen MR) is 81.9 cm³/mol. The maximum Gasteiger partial charge on any atom is 0.251 e. The molecule has 3 N–H and O–H groups in total. The van der Waals surface area contributed by atoms with Crippen molar-refractivity contribution in [1.29, 1.82) is 0 Å². The molecular formula is C16H24N2O3. The molecule has 0 bridgehead atoms. The molecule has 0 aliphatic rings. The predicted octanol–water partition coefficient (Wildman–Crippen LogP) is 1.47. The molecule has 2 atom stereocenters. The van der Waals surface area contributed by atoms with Gasteiger partial charge in [-0.1, -0.05) is 25.1 Å². The lowest BCUT2D eigenvalue weighted by atomic mass is 10.1. The number of aliphatic hydroxyl groups is 1. The molecule has 0 aliphatic heterocycles. The second kappa shape index (κ2) is 9.13. The summed E-state index contributed by atoms with van der Waals surface area (Å²) in [4.78, 5) is 23.8. The van der Waals surface area contributed by atoms with Crippen LogP contribution in [0.5, 0.6) is 0 Å². The smallest absolute Gasteiger partial charge is 0.251 e. The Morgan fingerprint density at radius 2 is 1.86 bits per heavy atom. The molecule has 0 radical (unpaired) electrons. The van der Waals surface area contributed by atoms with E-state index in [0.717, 1.165) is 6.42 Å². The lowest BCUT2D eigenvalue weighted by molar-refractivity contribution is -0.122. The molecule has 1 aromatic rings. The summed E-state index contributed by atoms with van der Waals surface area (Å²) < 4.78 is 0. The van der Waals surface area contributed by atoms with Gasteiger partial charge in [0.1, 0.15) is 0 Å². The fraction of sp³-hybridized carbons (Fsp3) is 0.500. The molecule has 5 nitrogen and oxygen atoms in total. The second-order valence-corrected chi connectivity index (χ2v) is 5.13. The monoisotopic (exact) mass is 292 g/mol. The number of benzene rings is 1. The van der Waals surface area contributed by atoms with Crippen LogP contribution in [0.2, 0.25) is 0 Å². The normalized spacial score (nSPS) is 13.3. The van der Waals surface area contributed by atoms with Crippen molar-refractivity contribution in [3.05, 3.63) is 35.9 Å². The van der Waals surface area contributed by atoms with Crippen LogP contribution in [0, 0.1) is 0 Å². The summed E-state index contributed by atoms with van der Waals surface area (Å²) in [6, 6.07) is 8.65. The molecule has 5 heteroatoms. The van der Waals surface area contributed by atoms with E-state index in [4.69, 9.17) is 5.11 Å². The number of carbonyl (C=O) groups excluding carboxylic acids is 2. The van der Waals surface area contributed by atoms with Crippen molar-refractivity contribution in [3.63, 3.8) is 0 Å².